The van der Waals surface area contributed by atoms with Crippen molar-refractivity contribution < 1.29 is 9.59 Å². The first-order valence-corrected chi connectivity index (χ1v) is 9.84. The summed E-state index contributed by atoms with van der Waals surface area (Å²) in [5.41, 5.74) is 1.97. The van der Waals surface area contributed by atoms with Crippen molar-refractivity contribution in [3.63, 3.8) is 0 Å². The van der Waals surface area contributed by atoms with Crippen LogP contribution in [0, 0.1) is 12.8 Å². The van der Waals surface area contributed by atoms with Crippen molar-refractivity contribution in [2.75, 3.05) is 16.8 Å². The fraction of sp³-hybridized carbons (Fsp3) is 0.474. The van der Waals surface area contributed by atoms with Crippen LogP contribution in [0.4, 0.5) is 10.8 Å². The van der Waals surface area contributed by atoms with Gasteiger partial charge in [0, 0.05) is 24.6 Å². The molecule has 1 aromatic carbocycles. The lowest BCUT2D eigenvalue weighted by atomic mass is 10.1. The minimum Gasteiger partial charge on any atom is -0.312 e. The summed E-state index contributed by atoms with van der Waals surface area (Å²) < 4.78 is 0. The van der Waals surface area contributed by atoms with E-state index >= 15 is 0 Å². The molecule has 3 rings (SSSR count). The second-order valence-corrected chi connectivity index (χ2v) is 7.70. The molecule has 1 fully saturated rings. The lowest BCUT2D eigenvalue weighted by molar-refractivity contribution is -0.122. The van der Waals surface area contributed by atoms with Crippen LogP contribution >= 0.6 is 11.3 Å². The normalized spacial score (nSPS) is 17.2. The molecule has 6 nitrogen and oxygen atoms in total. The smallest absolute Gasteiger partial charge is 0.231 e. The Hall–Kier alpha value is -2.28. The third kappa shape index (κ3) is 3.93. The van der Waals surface area contributed by atoms with Crippen LogP contribution in [0.25, 0.3) is 0 Å². The molecule has 2 aromatic rings. The number of nitrogens with zero attached hydrogens (tertiary/aromatic N) is 3. The molecular weight excluding hydrogens is 348 g/mol. The van der Waals surface area contributed by atoms with Gasteiger partial charge in [-0.15, -0.1) is 10.2 Å². The highest BCUT2D eigenvalue weighted by Gasteiger charge is 2.35. The van der Waals surface area contributed by atoms with Crippen LogP contribution in [0.15, 0.2) is 24.3 Å². The Morgan fingerprint density at radius 2 is 1.96 bits per heavy atom. The van der Waals surface area contributed by atoms with Gasteiger partial charge in [-0.2, -0.15) is 0 Å². The highest BCUT2D eigenvalue weighted by Crippen LogP contribution is 2.30. The van der Waals surface area contributed by atoms with E-state index in [1.807, 2.05) is 31.2 Å². The minimum atomic E-state index is -0.371. The Kier molecular flexibility index (Phi) is 5.66. The molecular formula is C19H24N4O2S. The van der Waals surface area contributed by atoms with Gasteiger partial charge in [0.05, 0.1) is 5.92 Å². The standard InChI is InChI=1S/C19H24N4O2S/c1-4-13(5-2)18-21-22-19(26-18)20-17(25)14-10-16(24)23(11-14)15-8-6-12(3)7-9-15/h6-9,13-14H,4-5,10-11H2,1-3H3,(H,20,22,25)/t14-/m1/s1. The Morgan fingerprint density at radius 3 is 2.62 bits per heavy atom. The largest absolute Gasteiger partial charge is 0.312 e. The van der Waals surface area contributed by atoms with Crippen LogP contribution in [0.5, 0.6) is 0 Å². The van der Waals surface area contributed by atoms with E-state index in [-0.39, 0.29) is 24.2 Å². The van der Waals surface area contributed by atoms with Gasteiger partial charge in [-0.3, -0.25) is 9.59 Å². The van der Waals surface area contributed by atoms with Crippen molar-refractivity contribution in [3.05, 3.63) is 34.8 Å². The number of rotatable bonds is 6. The van der Waals surface area contributed by atoms with E-state index in [1.54, 1.807) is 4.90 Å². The summed E-state index contributed by atoms with van der Waals surface area (Å²) in [6.07, 6.45) is 2.22. The van der Waals surface area contributed by atoms with Crippen molar-refractivity contribution >= 4 is 34.0 Å². The number of anilines is 2. The monoisotopic (exact) mass is 372 g/mol. The van der Waals surface area contributed by atoms with Crippen molar-refractivity contribution in [2.45, 2.75) is 46.0 Å². The summed E-state index contributed by atoms with van der Waals surface area (Å²) in [7, 11) is 0. The van der Waals surface area contributed by atoms with Crippen LogP contribution in [0.3, 0.4) is 0 Å². The van der Waals surface area contributed by atoms with Crippen molar-refractivity contribution in [1.82, 2.24) is 10.2 Å². The molecule has 1 aromatic heterocycles. The predicted octanol–water partition coefficient (Wildman–Crippen LogP) is 3.74. The summed E-state index contributed by atoms with van der Waals surface area (Å²) in [5.74, 6) is -0.184. The van der Waals surface area contributed by atoms with Gasteiger partial charge < -0.3 is 10.2 Å². The topological polar surface area (TPSA) is 75.2 Å². The molecule has 2 heterocycles. The maximum atomic E-state index is 12.6. The number of aromatic nitrogens is 2. The number of carbonyl (C=O) groups excluding carboxylic acids is 2. The predicted molar refractivity (Wildman–Crippen MR) is 104 cm³/mol. The maximum Gasteiger partial charge on any atom is 0.231 e. The van der Waals surface area contributed by atoms with Crippen molar-refractivity contribution in [2.24, 2.45) is 5.92 Å². The number of benzene rings is 1. The maximum absolute atomic E-state index is 12.6. The Bertz CT molecular complexity index is 783. The SMILES string of the molecule is CCC(CC)c1nnc(NC(=O)[C@@H]2CC(=O)N(c3ccc(C)cc3)C2)s1. The van der Waals surface area contributed by atoms with Gasteiger partial charge in [0.1, 0.15) is 5.01 Å². The second kappa shape index (κ2) is 7.95. The van der Waals surface area contributed by atoms with Gasteiger partial charge in [-0.05, 0) is 31.9 Å². The summed E-state index contributed by atoms with van der Waals surface area (Å²) in [6.45, 7) is 6.64. The van der Waals surface area contributed by atoms with E-state index < -0.39 is 0 Å². The molecule has 1 aliphatic heterocycles. The molecule has 1 aliphatic rings. The zero-order chi connectivity index (χ0) is 18.7. The van der Waals surface area contributed by atoms with Crippen LogP contribution in [0.1, 0.15) is 49.6 Å². The van der Waals surface area contributed by atoms with E-state index in [0.717, 1.165) is 29.1 Å². The van der Waals surface area contributed by atoms with Crippen molar-refractivity contribution in [1.29, 1.82) is 0 Å². The number of aryl methyl sites for hydroxylation is 1. The highest BCUT2D eigenvalue weighted by molar-refractivity contribution is 7.15. The zero-order valence-electron chi connectivity index (χ0n) is 15.4. The average molecular weight is 372 g/mol. The summed E-state index contributed by atoms with van der Waals surface area (Å²) >= 11 is 1.42. The molecule has 0 saturated carbocycles. The minimum absolute atomic E-state index is 0.0241. The molecule has 0 aliphatic carbocycles. The second-order valence-electron chi connectivity index (χ2n) is 6.69. The van der Waals surface area contributed by atoms with Gasteiger partial charge in [0.25, 0.3) is 0 Å². The van der Waals surface area contributed by atoms with Gasteiger partial charge >= 0.3 is 0 Å². The van der Waals surface area contributed by atoms with Crippen molar-refractivity contribution in [3.8, 4) is 0 Å². The molecule has 0 spiro atoms. The Labute approximate surface area is 157 Å². The fourth-order valence-electron chi connectivity index (χ4n) is 3.15. The summed E-state index contributed by atoms with van der Waals surface area (Å²) in [6, 6.07) is 7.77. The van der Waals surface area contributed by atoms with Gasteiger partial charge in [0.2, 0.25) is 16.9 Å². The summed E-state index contributed by atoms with van der Waals surface area (Å²) in [5, 5.41) is 12.6. The summed E-state index contributed by atoms with van der Waals surface area (Å²) in [4.78, 5) is 26.6. The van der Waals surface area contributed by atoms with Crippen LogP contribution in [0.2, 0.25) is 0 Å². The molecule has 1 atom stereocenters. The zero-order valence-corrected chi connectivity index (χ0v) is 16.2. The average Bonchev–Trinajstić information content (AvgIpc) is 3.24. The van der Waals surface area contributed by atoms with Gasteiger partial charge in [0.15, 0.2) is 0 Å². The first-order chi connectivity index (χ1) is 12.5. The third-order valence-corrected chi connectivity index (χ3v) is 5.85. The lowest BCUT2D eigenvalue weighted by Gasteiger charge is -2.16. The number of nitrogens with one attached hydrogen (secondary N) is 1. The molecule has 7 heteroatoms. The molecule has 138 valence electrons. The van der Waals surface area contributed by atoms with Crippen LogP contribution < -0.4 is 10.2 Å². The molecule has 0 unspecified atom stereocenters. The number of hydrogen-bond acceptors (Lipinski definition) is 5. The first-order valence-electron chi connectivity index (χ1n) is 9.03. The highest BCUT2D eigenvalue weighted by atomic mass is 32.1. The molecule has 26 heavy (non-hydrogen) atoms. The number of carbonyl (C=O) groups is 2. The Balaban J connectivity index is 1.64. The first kappa shape index (κ1) is 18.5. The fourth-order valence-corrected chi connectivity index (χ4v) is 4.17. The van der Waals surface area contributed by atoms with E-state index in [0.29, 0.717) is 17.6 Å². The third-order valence-electron chi connectivity index (χ3n) is 4.85. The number of hydrogen-bond donors (Lipinski definition) is 1. The molecule has 0 bridgehead atoms. The molecule has 2 amide bonds. The Morgan fingerprint density at radius 1 is 1.27 bits per heavy atom. The van der Waals surface area contributed by atoms with E-state index in [2.05, 4.69) is 29.4 Å². The quantitative estimate of drug-likeness (QED) is 0.838. The van der Waals surface area contributed by atoms with E-state index in [4.69, 9.17) is 0 Å². The van der Waals surface area contributed by atoms with Gasteiger partial charge in [-0.25, -0.2) is 0 Å². The van der Waals surface area contributed by atoms with Gasteiger partial charge in [-0.1, -0.05) is 42.9 Å². The van der Waals surface area contributed by atoms with Crippen LogP contribution in [-0.2, 0) is 9.59 Å². The van der Waals surface area contributed by atoms with E-state index in [1.165, 1.54) is 11.3 Å². The lowest BCUT2D eigenvalue weighted by Crippen LogP contribution is -2.28. The molecule has 0 radical (unpaired) electrons. The molecule has 1 N–H and O–H groups in total. The number of amides is 2. The van der Waals surface area contributed by atoms with Crippen LogP contribution in [-0.4, -0.2) is 28.6 Å². The molecule has 1 saturated heterocycles. The van der Waals surface area contributed by atoms with E-state index in [9.17, 15) is 9.59 Å².